The average molecular weight is 559 g/mol. The molecular formula is C31H38N6O4. The highest BCUT2D eigenvalue weighted by Gasteiger charge is 2.29. The SMILES string of the molecule is COc1cc(C(=O)N2CCC[C@@H](NC(=O)OC(C)(C)C)C2)cc2nc(-c3cc4cccnc4n3CC3CC3)n(C)c12. The lowest BCUT2D eigenvalue weighted by molar-refractivity contribution is 0.0452. The van der Waals surface area contributed by atoms with Crippen LogP contribution in [-0.4, -0.2) is 67.8 Å². The van der Waals surface area contributed by atoms with Gasteiger partial charge in [-0.05, 0) is 82.7 Å². The van der Waals surface area contributed by atoms with Gasteiger partial charge in [0.05, 0.1) is 18.3 Å². The molecule has 4 aromatic rings. The quantitative estimate of drug-likeness (QED) is 0.352. The van der Waals surface area contributed by atoms with Crippen molar-refractivity contribution in [2.45, 2.75) is 64.6 Å². The molecule has 1 saturated heterocycles. The first-order valence-corrected chi connectivity index (χ1v) is 14.4. The second kappa shape index (κ2) is 10.4. The van der Waals surface area contributed by atoms with Crippen molar-refractivity contribution < 1.29 is 19.1 Å². The fourth-order valence-corrected chi connectivity index (χ4v) is 5.77. The van der Waals surface area contributed by atoms with Gasteiger partial charge in [-0.3, -0.25) is 4.79 Å². The van der Waals surface area contributed by atoms with E-state index in [4.69, 9.17) is 14.5 Å². The summed E-state index contributed by atoms with van der Waals surface area (Å²) in [5.74, 6) is 1.95. The van der Waals surface area contributed by atoms with Gasteiger partial charge in [-0.15, -0.1) is 0 Å². The number of imidazole rings is 1. The third-order valence-electron chi connectivity index (χ3n) is 7.85. The van der Waals surface area contributed by atoms with E-state index >= 15 is 0 Å². The summed E-state index contributed by atoms with van der Waals surface area (Å²) in [4.78, 5) is 37.5. The maximum atomic E-state index is 13.7. The molecule has 1 aliphatic heterocycles. The largest absolute Gasteiger partial charge is 0.494 e. The molecule has 3 aromatic heterocycles. The van der Waals surface area contributed by atoms with E-state index in [1.165, 1.54) is 12.8 Å². The molecule has 1 saturated carbocycles. The van der Waals surface area contributed by atoms with E-state index in [0.717, 1.165) is 47.5 Å². The second-order valence-corrected chi connectivity index (χ2v) is 12.3. The zero-order valence-corrected chi connectivity index (χ0v) is 24.4. The van der Waals surface area contributed by atoms with Gasteiger partial charge in [0.1, 0.15) is 22.5 Å². The fourth-order valence-electron chi connectivity index (χ4n) is 5.77. The van der Waals surface area contributed by atoms with Crippen LogP contribution in [0.25, 0.3) is 33.6 Å². The lowest BCUT2D eigenvalue weighted by atomic mass is 10.0. The summed E-state index contributed by atoms with van der Waals surface area (Å²) in [6, 6.07) is 9.66. The van der Waals surface area contributed by atoms with Gasteiger partial charge in [0.15, 0.2) is 5.82 Å². The minimum atomic E-state index is -0.579. The number of aromatic nitrogens is 4. The molecule has 10 heteroatoms. The van der Waals surface area contributed by atoms with Gasteiger partial charge >= 0.3 is 6.09 Å². The summed E-state index contributed by atoms with van der Waals surface area (Å²) in [5.41, 5.74) is 3.43. The highest BCUT2D eigenvalue weighted by molar-refractivity contribution is 6.00. The van der Waals surface area contributed by atoms with Crippen LogP contribution < -0.4 is 10.1 Å². The number of carbonyl (C=O) groups excluding carboxylic acids is 2. The summed E-state index contributed by atoms with van der Waals surface area (Å²) >= 11 is 0. The van der Waals surface area contributed by atoms with E-state index in [9.17, 15) is 9.59 Å². The molecule has 41 heavy (non-hydrogen) atoms. The van der Waals surface area contributed by atoms with E-state index in [-0.39, 0.29) is 11.9 Å². The summed E-state index contributed by atoms with van der Waals surface area (Å²) < 4.78 is 15.5. The Kier molecular flexibility index (Phi) is 6.87. The van der Waals surface area contributed by atoms with Crippen molar-refractivity contribution in [3.8, 4) is 17.3 Å². The standard InChI is InChI=1S/C31H38N6O4/c1-31(2,3)41-30(39)33-22-9-7-13-36(18-22)29(38)21-14-23-26(25(16-21)40-5)35(4)28(34-23)24-15-20-8-6-12-32-27(20)37(24)17-19-10-11-19/h6,8,12,14-16,19,22H,7,9-11,13,17-18H2,1-5H3,(H,33,39)/t22-/m1/s1. The predicted molar refractivity (Wildman–Crippen MR) is 157 cm³/mol. The summed E-state index contributed by atoms with van der Waals surface area (Å²) in [6.45, 7) is 7.44. The first-order valence-electron chi connectivity index (χ1n) is 14.4. The number of aryl methyl sites for hydroxylation is 1. The molecule has 1 N–H and O–H groups in total. The molecule has 2 aliphatic rings. The number of rotatable bonds is 6. The Balaban J connectivity index is 1.31. The Morgan fingerprint density at radius 2 is 1.95 bits per heavy atom. The van der Waals surface area contributed by atoms with Gasteiger partial charge in [0.2, 0.25) is 0 Å². The molecule has 0 unspecified atom stereocenters. The molecule has 2 fully saturated rings. The molecule has 1 aliphatic carbocycles. The second-order valence-electron chi connectivity index (χ2n) is 12.3. The number of hydrogen-bond acceptors (Lipinski definition) is 6. The number of piperidine rings is 1. The Labute approximate surface area is 239 Å². The Morgan fingerprint density at radius 3 is 2.68 bits per heavy atom. The van der Waals surface area contributed by atoms with Crippen LogP contribution >= 0.6 is 0 Å². The van der Waals surface area contributed by atoms with Crippen LogP contribution in [0.1, 0.15) is 56.8 Å². The minimum Gasteiger partial charge on any atom is -0.494 e. The van der Waals surface area contributed by atoms with Crippen molar-refractivity contribution >= 4 is 34.1 Å². The monoisotopic (exact) mass is 558 g/mol. The van der Waals surface area contributed by atoms with Gasteiger partial charge in [-0.2, -0.15) is 0 Å². The predicted octanol–water partition coefficient (Wildman–Crippen LogP) is 5.14. The number of likely N-dealkylation sites (tertiary alicyclic amines) is 1. The smallest absolute Gasteiger partial charge is 0.407 e. The van der Waals surface area contributed by atoms with Crippen molar-refractivity contribution in [2.24, 2.45) is 13.0 Å². The molecule has 4 heterocycles. The van der Waals surface area contributed by atoms with Crippen molar-refractivity contribution in [1.29, 1.82) is 0 Å². The zero-order chi connectivity index (χ0) is 28.9. The normalized spacial score (nSPS) is 17.7. The number of ether oxygens (including phenoxy) is 2. The number of fused-ring (bicyclic) bond motifs is 2. The summed E-state index contributed by atoms with van der Waals surface area (Å²) in [7, 11) is 3.60. The van der Waals surface area contributed by atoms with Gasteiger partial charge < -0.3 is 28.8 Å². The number of pyridine rings is 1. The molecule has 1 aromatic carbocycles. The number of alkyl carbamates (subject to hydrolysis) is 1. The first-order chi connectivity index (χ1) is 19.6. The van der Waals surface area contributed by atoms with Gasteiger partial charge in [0, 0.05) is 49.9 Å². The van der Waals surface area contributed by atoms with Crippen LogP contribution in [0, 0.1) is 5.92 Å². The van der Waals surface area contributed by atoms with Crippen LogP contribution in [-0.2, 0) is 18.3 Å². The maximum absolute atomic E-state index is 13.7. The lowest BCUT2D eigenvalue weighted by Gasteiger charge is -2.33. The number of methoxy groups -OCH3 is 1. The lowest BCUT2D eigenvalue weighted by Crippen LogP contribution is -2.50. The minimum absolute atomic E-state index is 0.111. The summed E-state index contributed by atoms with van der Waals surface area (Å²) in [6.07, 6.45) is 5.42. The molecule has 0 radical (unpaired) electrons. The van der Waals surface area contributed by atoms with Gasteiger partial charge in [-0.25, -0.2) is 14.8 Å². The third-order valence-corrected chi connectivity index (χ3v) is 7.85. The topological polar surface area (TPSA) is 104 Å². The maximum Gasteiger partial charge on any atom is 0.407 e. The third kappa shape index (κ3) is 5.47. The van der Waals surface area contributed by atoms with Crippen LogP contribution in [0.4, 0.5) is 4.79 Å². The van der Waals surface area contributed by atoms with Gasteiger partial charge in [0.25, 0.3) is 5.91 Å². The number of carbonyl (C=O) groups is 2. The number of nitrogens with zero attached hydrogens (tertiary/aromatic N) is 5. The fraction of sp³-hybridized carbons (Fsp3) is 0.484. The molecule has 0 bridgehead atoms. The van der Waals surface area contributed by atoms with Gasteiger partial charge in [-0.1, -0.05) is 0 Å². The van der Waals surface area contributed by atoms with Crippen molar-refractivity contribution in [2.75, 3.05) is 20.2 Å². The van der Waals surface area contributed by atoms with Crippen LogP contribution in [0.3, 0.4) is 0 Å². The first kappa shape index (κ1) is 27.1. The van der Waals surface area contributed by atoms with Crippen LogP contribution in [0.15, 0.2) is 36.5 Å². The highest BCUT2D eigenvalue weighted by atomic mass is 16.6. The van der Waals surface area contributed by atoms with Crippen molar-refractivity contribution in [3.05, 3.63) is 42.1 Å². The van der Waals surface area contributed by atoms with Crippen LogP contribution in [0.5, 0.6) is 5.75 Å². The number of hydrogen-bond donors (Lipinski definition) is 1. The molecular weight excluding hydrogens is 520 g/mol. The number of amides is 2. The van der Waals surface area contributed by atoms with Crippen molar-refractivity contribution in [1.82, 2.24) is 29.3 Å². The number of benzene rings is 1. The zero-order valence-electron chi connectivity index (χ0n) is 24.4. The molecule has 6 rings (SSSR count). The molecule has 0 spiro atoms. The van der Waals surface area contributed by atoms with E-state index in [2.05, 4.69) is 27.0 Å². The summed E-state index contributed by atoms with van der Waals surface area (Å²) in [5, 5.41) is 4.01. The van der Waals surface area contributed by atoms with E-state index in [0.29, 0.717) is 35.8 Å². The molecule has 10 nitrogen and oxygen atoms in total. The Hall–Kier alpha value is -4.08. The molecule has 2 amide bonds. The Morgan fingerprint density at radius 1 is 1.15 bits per heavy atom. The van der Waals surface area contributed by atoms with E-state index in [1.54, 1.807) is 18.1 Å². The highest BCUT2D eigenvalue weighted by Crippen LogP contribution is 2.37. The molecule has 216 valence electrons. The van der Waals surface area contributed by atoms with E-state index < -0.39 is 11.7 Å². The van der Waals surface area contributed by atoms with E-state index in [1.807, 2.05) is 50.7 Å². The number of nitrogens with one attached hydrogen (secondary N) is 1. The average Bonchev–Trinajstić information content (AvgIpc) is 3.60. The molecule has 1 atom stereocenters. The Bertz CT molecular complexity index is 1630. The van der Waals surface area contributed by atoms with Crippen molar-refractivity contribution in [3.63, 3.8) is 0 Å². The van der Waals surface area contributed by atoms with Crippen LogP contribution in [0.2, 0.25) is 0 Å².